The molecule has 0 spiro atoms. The summed E-state index contributed by atoms with van der Waals surface area (Å²) in [7, 11) is 0. The monoisotopic (exact) mass is 295 g/mol. The van der Waals surface area contributed by atoms with Gasteiger partial charge in [0.1, 0.15) is 12.2 Å². The predicted molar refractivity (Wildman–Crippen MR) is 76.8 cm³/mol. The molecule has 0 atom stereocenters. The fourth-order valence-corrected chi connectivity index (χ4v) is 2.96. The molecule has 0 aliphatic heterocycles. The Balaban J connectivity index is 1.58. The zero-order valence-corrected chi connectivity index (χ0v) is 11.7. The van der Waals surface area contributed by atoms with Gasteiger partial charge in [-0.3, -0.25) is 9.20 Å². The summed E-state index contributed by atoms with van der Waals surface area (Å²) >= 11 is 0. The van der Waals surface area contributed by atoms with Crippen LogP contribution in [0.5, 0.6) is 0 Å². The minimum Gasteiger partial charge on any atom is -0.352 e. The van der Waals surface area contributed by atoms with Gasteiger partial charge in [-0.15, -0.1) is 10.2 Å². The molecule has 1 amide bonds. The Morgan fingerprint density at radius 3 is 3.18 bits per heavy atom. The van der Waals surface area contributed by atoms with E-state index in [0.29, 0.717) is 0 Å². The number of nitrogens with one attached hydrogen (secondary N) is 2. The number of hydrogen-bond donors (Lipinski definition) is 2. The largest absolute Gasteiger partial charge is 0.352 e. The molecule has 110 valence electrons. The van der Waals surface area contributed by atoms with E-state index in [1.54, 1.807) is 6.20 Å². The second kappa shape index (κ2) is 4.80. The normalized spacial score (nSPS) is 20.7. The first-order chi connectivity index (χ1) is 10.8. The number of carbonyl (C=O) groups excluding carboxylic acids is 1. The van der Waals surface area contributed by atoms with Crippen LogP contribution in [0, 0.1) is 11.3 Å². The summed E-state index contributed by atoms with van der Waals surface area (Å²) in [4.78, 5) is 18.8. The molecule has 0 bridgehead atoms. The molecule has 8 nitrogen and oxygen atoms in total. The maximum atomic E-state index is 11.4. The van der Waals surface area contributed by atoms with Crippen LogP contribution in [0.2, 0.25) is 0 Å². The Bertz CT molecular complexity index is 897. The van der Waals surface area contributed by atoms with Crippen molar-refractivity contribution in [2.45, 2.75) is 31.2 Å². The minimum atomic E-state index is -0.214. The van der Waals surface area contributed by atoms with Gasteiger partial charge in [-0.2, -0.15) is 5.26 Å². The van der Waals surface area contributed by atoms with Crippen molar-refractivity contribution in [1.29, 1.82) is 5.26 Å². The minimum absolute atomic E-state index is 0.0926. The van der Waals surface area contributed by atoms with Crippen molar-refractivity contribution in [3.63, 3.8) is 0 Å². The molecule has 2 N–H and O–H groups in total. The molecule has 1 fully saturated rings. The van der Waals surface area contributed by atoms with Gasteiger partial charge >= 0.3 is 0 Å². The van der Waals surface area contributed by atoms with E-state index in [2.05, 4.69) is 25.5 Å². The van der Waals surface area contributed by atoms with E-state index in [-0.39, 0.29) is 24.3 Å². The van der Waals surface area contributed by atoms with Crippen molar-refractivity contribution in [2.75, 3.05) is 0 Å². The number of rotatable bonds is 3. The van der Waals surface area contributed by atoms with Crippen molar-refractivity contribution < 1.29 is 4.79 Å². The van der Waals surface area contributed by atoms with Crippen molar-refractivity contribution in [1.82, 2.24) is 29.9 Å². The van der Waals surface area contributed by atoms with Gasteiger partial charge in [-0.25, -0.2) is 4.98 Å². The van der Waals surface area contributed by atoms with E-state index >= 15 is 0 Å². The molecule has 22 heavy (non-hydrogen) atoms. The molecule has 1 saturated carbocycles. The van der Waals surface area contributed by atoms with Gasteiger partial charge in [0.05, 0.1) is 17.8 Å². The van der Waals surface area contributed by atoms with Crippen LogP contribution in [0.4, 0.5) is 0 Å². The Hall–Kier alpha value is -2.95. The molecular weight excluding hydrogens is 282 g/mol. The van der Waals surface area contributed by atoms with Gasteiger partial charge in [-0.1, -0.05) is 0 Å². The van der Waals surface area contributed by atoms with Crippen LogP contribution in [-0.4, -0.2) is 36.5 Å². The van der Waals surface area contributed by atoms with E-state index in [4.69, 9.17) is 5.26 Å². The van der Waals surface area contributed by atoms with Gasteiger partial charge in [0.15, 0.2) is 11.3 Å². The van der Waals surface area contributed by atoms with E-state index in [1.165, 1.54) is 0 Å². The number of aromatic nitrogens is 5. The van der Waals surface area contributed by atoms with Crippen LogP contribution in [0.3, 0.4) is 0 Å². The molecule has 4 rings (SSSR count). The van der Waals surface area contributed by atoms with E-state index in [9.17, 15) is 4.79 Å². The van der Waals surface area contributed by atoms with Crippen LogP contribution in [0.25, 0.3) is 16.8 Å². The van der Waals surface area contributed by atoms with E-state index in [1.807, 2.05) is 22.7 Å². The predicted octanol–water partition coefficient (Wildman–Crippen LogP) is 0.881. The Kier molecular flexibility index (Phi) is 2.79. The number of fused-ring (bicyclic) bond motifs is 3. The summed E-state index contributed by atoms with van der Waals surface area (Å²) < 4.78 is 2.01. The molecule has 0 unspecified atom stereocenters. The van der Waals surface area contributed by atoms with Crippen molar-refractivity contribution in [2.24, 2.45) is 0 Å². The van der Waals surface area contributed by atoms with E-state index in [0.717, 1.165) is 35.5 Å². The average Bonchev–Trinajstić information content (AvgIpc) is 3.08. The van der Waals surface area contributed by atoms with Gasteiger partial charge in [0.25, 0.3) is 0 Å². The lowest BCUT2D eigenvalue weighted by Gasteiger charge is -2.34. The van der Waals surface area contributed by atoms with Crippen molar-refractivity contribution in [3.8, 4) is 6.07 Å². The van der Waals surface area contributed by atoms with Gasteiger partial charge in [-0.05, 0) is 18.9 Å². The van der Waals surface area contributed by atoms with E-state index < -0.39 is 0 Å². The third kappa shape index (κ3) is 1.90. The summed E-state index contributed by atoms with van der Waals surface area (Å²) in [5, 5.41) is 19.8. The zero-order chi connectivity index (χ0) is 15.1. The lowest BCUT2D eigenvalue weighted by molar-refractivity contribution is -0.121. The number of aromatic amines is 1. The first-order valence-electron chi connectivity index (χ1n) is 7.09. The standard InChI is InChI=1S/C14H13N7O/c15-3-1-12(22)18-9-5-8(6-9)14-20-19-11-7-17-13-10(21(11)14)2-4-16-13/h2,4,7-9,16H,1,5-6H2,(H,18,22). The summed E-state index contributed by atoms with van der Waals surface area (Å²) in [5.74, 6) is 0.935. The highest BCUT2D eigenvalue weighted by molar-refractivity contribution is 5.78. The Morgan fingerprint density at radius 1 is 1.50 bits per heavy atom. The third-order valence-electron chi connectivity index (χ3n) is 4.07. The van der Waals surface area contributed by atoms with Crippen LogP contribution in [0.15, 0.2) is 18.5 Å². The van der Waals surface area contributed by atoms with Gasteiger partial charge in [0, 0.05) is 18.2 Å². The van der Waals surface area contributed by atoms with Crippen LogP contribution < -0.4 is 5.32 Å². The Labute approximate surface area is 125 Å². The fourth-order valence-electron chi connectivity index (χ4n) is 2.96. The van der Waals surface area contributed by atoms with Gasteiger partial charge < -0.3 is 10.3 Å². The zero-order valence-electron chi connectivity index (χ0n) is 11.7. The highest BCUT2D eigenvalue weighted by Gasteiger charge is 2.34. The number of carbonyl (C=O) groups is 1. The maximum Gasteiger partial charge on any atom is 0.234 e. The lowest BCUT2D eigenvalue weighted by Crippen LogP contribution is -2.43. The van der Waals surface area contributed by atoms with Crippen molar-refractivity contribution >= 4 is 22.7 Å². The maximum absolute atomic E-state index is 11.4. The molecule has 1 aliphatic rings. The molecule has 0 aromatic carbocycles. The molecular formula is C14H13N7O. The summed E-state index contributed by atoms with van der Waals surface area (Å²) in [6, 6.07) is 3.92. The van der Waals surface area contributed by atoms with Crippen LogP contribution in [-0.2, 0) is 4.79 Å². The average molecular weight is 295 g/mol. The molecule has 8 heteroatoms. The second-order valence-corrected chi connectivity index (χ2v) is 5.49. The first kappa shape index (κ1) is 12.8. The number of amides is 1. The number of nitriles is 1. The molecule has 0 radical (unpaired) electrons. The first-order valence-corrected chi connectivity index (χ1v) is 7.09. The van der Waals surface area contributed by atoms with Crippen LogP contribution >= 0.6 is 0 Å². The smallest absolute Gasteiger partial charge is 0.234 e. The topological polar surface area (TPSA) is 112 Å². The van der Waals surface area contributed by atoms with Gasteiger partial charge in [0.2, 0.25) is 5.91 Å². The second-order valence-electron chi connectivity index (χ2n) is 5.49. The highest BCUT2D eigenvalue weighted by Crippen LogP contribution is 2.36. The summed E-state index contributed by atoms with van der Waals surface area (Å²) in [5.41, 5.74) is 2.47. The Morgan fingerprint density at radius 2 is 2.36 bits per heavy atom. The highest BCUT2D eigenvalue weighted by atomic mass is 16.1. The van der Waals surface area contributed by atoms with Crippen molar-refractivity contribution in [3.05, 3.63) is 24.3 Å². The molecule has 3 heterocycles. The van der Waals surface area contributed by atoms with Crippen LogP contribution in [0.1, 0.15) is 31.0 Å². The molecule has 3 aromatic heterocycles. The molecule has 0 saturated heterocycles. The third-order valence-corrected chi connectivity index (χ3v) is 4.07. The lowest BCUT2D eigenvalue weighted by atomic mass is 9.79. The molecule has 3 aromatic rings. The SMILES string of the molecule is N#CCC(=O)NC1CC(c2nnc3cnc4[nH]ccc4n23)C1. The number of nitrogens with zero attached hydrogens (tertiary/aromatic N) is 5. The number of hydrogen-bond acceptors (Lipinski definition) is 5. The quantitative estimate of drug-likeness (QED) is 0.745. The molecule has 1 aliphatic carbocycles. The summed E-state index contributed by atoms with van der Waals surface area (Å²) in [6.07, 6.45) is 5.07. The summed E-state index contributed by atoms with van der Waals surface area (Å²) in [6.45, 7) is 0. The fraction of sp³-hybridized carbons (Fsp3) is 0.357. The number of H-pyrrole nitrogens is 1.